The fourth-order valence-electron chi connectivity index (χ4n) is 1.34. The summed E-state index contributed by atoms with van der Waals surface area (Å²) in [5.41, 5.74) is 5.98. The van der Waals surface area contributed by atoms with Crippen molar-refractivity contribution in [3.05, 3.63) is 12.4 Å². The fourth-order valence-corrected chi connectivity index (χ4v) is 1.34. The van der Waals surface area contributed by atoms with Gasteiger partial charge in [-0.1, -0.05) is 13.8 Å². The van der Waals surface area contributed by atoms with E-state index in [2.05, 4.69) is 10.4 Å². The van der Waals surface area contributed by atoms with Crippen LogP contribution < -0.4 is 11.1 Å². The molecule has 0 aliphatic heterocycles. The molecule has 1 rings (SSSR count). The molecule has 1 unspecified atom stereocenters. The lowest BCUT2D eigenvalue weighted by Crippen LogP contribution is -2.41. The molecule has 0 radical (unpaired) electrons. The van der Waals surface area contributed by atoms with E-state index >= 15 is 0 Å². The van der Waals surface area contributed by atoms with Crippen LogP contribution in [0.2, 0.25) is 0 Å². The summed E-state index contributed by atoms with van der Waals surface area (Å²) in [5.74, 6) is 0.136. The molecule has 3 N–H and O–H groups in total. The lowest BCUT2D eigenvalue weighted by Gasteiger charge is -2.17. The van der Waals surface area contributed by atoms with Crippen molar-refractivity contribution in [1.29, 1.82) is 0 Å². The van der Waals surface area contributed by atoms with E-state index in [-0.39, 0.29) is 17.9 Å². The Morgan fingerprint density at radius 2 is 2.29 bits per heavy atom. The van der Waals surface area contributed by atoms with Gasteiger partial charge in [-0.2, -0.15) is 5.10 Å². The first-order valence-electron chi connectivity index (χ1n) is 4.58. The molecule has 1 atom stereocenters. The highest BCUT2D eigenvalue weighted by atomic mass is 16.2. The minimum Gasteiger partial charge on any atom is -0.396 e. The third-order valence-electron chi connectivity index (χ3n) is 2.07. The summed E-state index contributed by atoms with van der Waals surface area (Å²) in [5, 5.41) is 6.83. The predicted octanol–water partition coefficient (Wildman–Crippen LogP) is 0.349. The molecular formula is C9H16N4O. The lowest BCUT2D eigenvalue weighted by molar-refractivity contribution is 0.0821. The number of carbonyl (C=O) groups is 1. The van der Waals surface area contributed by atoms with Gasteiger partial charge in [0, 0.05) is 0 Å². The summed E-state index contributed by atoms with van der Waals surface area (Å²) in [7, 11) is 1.76. The van der Waals surface area contributed by atoms with E-state index < -0.39 is 0 Å². The third kappa shape index (κ3) is 2.11. The van der Waals surface area contributed by atoms with Gasteiger partial charge in [0.15, 0.2) is 0 Å². The second-order valence-electron chi connectivity index (χ2n) is 3.57. The molecule has 0 bridgehead atoms. The molecule has 0 amide bonds. The van der Waals surface area contributed by atoms with Crippen molar-refractivity contribution < 1.29 is 4.79 Å². The van der Waals surface area contributed by atoms with Gasteiger partial charge in [0.1, 0.15) is 0 Å². The van der Waals surface area contributed by atoms with Gasteiger partial charge in [-0.05, 0) is 13.0 Å². The van der Waals surface area contributed by atoms with Crippen LogP contribution in [0.4, 0.5) is 5.69 Å². The summed E-state index contributed by atoms with van der Waals surface area (Å²) < 4.78 is 1.27. The average molecular weight is 196 g/mol. The summed E-state index contributed by atoms with van der Waals surface area (Å²) >= 11 is 0. The Hall–Kier alpha value is -1.36. The quantitative estimate of drug-likeness (QED) is 0.731. The first-order chi connectivity index (χ1) is 6.56. The number of nitrogens with two attached hydrogens (primary N) is 1. The zero-order valence-electron chi connectivity index (χ0n) is 8.69. The maximum absolute atomic E-state index is 11.8. The average Bonchev–Trinajstić information content (AvgIpc) is 2.52. The zero-order valence-corrected chi connectivity index (χ0v) is 8.69. The highest BCUT2D eigenvalue weighted by Crippen LogP contribution is 2.06. The van der Waals surface area contributed by atoms with Crippen LogP contribution >= 0.6 is 0 Å². The molecule has 5 nitrogen and oxygen atoms in total. The second-order valence-corrected chi connectivity index (χ2v) is 3.57. The van der Waals surface area contributed by atoms with E-state index in [9.17, 15) is 4.79 Å². The summed E-state index contributed by atoms with van der Waals surface area (Å²) in [6.07, 6.45) is 2.99. The number of rotatable bonds is 3. The van der Waals surface area contributed by atoms with Gasteiger partial charge in [-0.3, -0.25) is 4.79 Å². The highest BCUT2D eigenvalue weighted by Gasteiger charge is 2.21. The first-order valence-corrected chi connectivity index (χ1v) is 4.58. The molecule has 0 aliphatic rings. The smallest absolute Gasteiger partial charge is 0.264 e. The van der Waals surface area contributed by atoms with E-state index in [0.29, 0.717) is 5.69 Å². The van der Waals surface area contributed by atoms with E-state index in [0.717, 1.165) is 0 Å². The number of likely N-dealkylation sites (N-methyl/N-ethyl adjacent to an activating group) is 1. The molecule has 0 aliphatic carbocycles. The van der Waals surface area contributed by atoms with Crippen molar-refractivity contribution in [2.75, 3.05) is 12.8 Å². The van der Waals surface area contributed by atoms with Crippen molar-refractivity contribution in [3.63, 3.8) is 0 Å². The molecule has 78 valence electrons. The molecule has 1 aromatic rings. The summed E-state index contributed by atoms with van der Waals surface area (Å²) in [6.45, 7) is 3.96. The van der Waals surface area contributed by atoms with Crippen LogP contribution in [-0.4, -0.2) is 28.8 Å². The minimum atomic E-state index is -0.228. The monoisotopic (exact) mass is 196 g/mol. The summed E-state index contributed by atoms with van der Waals surface area (Å²) in [4.78, 5) is 11.8. The van der Waals surface area contributed by atoms with Gasteiger partial charge in [0.05, 0.1) is 24.1 Å². The number of hydrogen-bond donors (Lipinski definition) is 2. The Balaban J connectivity index is 2.83. The molecule has 0 aromatic carbocycles. The minimum absolute atomic E-state index is 0.0841. The van der Waals surface area contributed by atoms with Gasteiger partial charge < -0.3 is 11.1 Å². The van der Waals surface area contributed by atoms with Crippen LogP contribution in [0.5, 0.6) is 0 Å². The molecular weight excluding hydrogens is 180 g/mol. The Morgan fingerprint density at radius 3 is 2.64 bits per heavy atom. The third-order valence-corrected chi connectivity index (χ3v) is 2.07. The van der Waals surface area contributed by atoms with Crippen LogP contribution in [0.15, 0.2) is 12.4 Å². The van der Waals surface area contributed by atoms with E-state index in [1.807, 2.05) is 13.8 Å². The molecule has 1 aromatic heterocycles. The van der Waals surface area contributed by atoms with Gasteiger partial charge in [-0.25, -0.2) is 4.68 Å². The maximum atomic E-state index is 11.8. The van der Waals surface area contributed by atoms with Crippen molar-refractivity contribution >= 4 is 11.6 Å². The number of aromatic nitrogens is 2. The largest absolute Gasteiger partial charge is 0.396 e. The Labute approximate surface area is 83.3 Å². The number of nitrogen functional groups attached to an aromatic ring is 1. The molecule has 0 saturated heterocycles. The Kier molecular flexibility index (Phi) is 3.24. The van der Waals surface area contributed by atoms with Gasteiger partial charge in [-0.15, -0.1) is 0 Å². The molecule has 0 spiro atoms. The van der Waals surface area contributed by atoms with E-state index in [4.69, 9.17) is 5.73 Å². The number of nitrogens with one attached hydrogen (secondary N) is 1. The van der Waals surface area contributed by atoms with Crippen molar-refractivity contribution in [3.8, 4) is 0 Å². The number of hydrogen-bond acceptors (Lipinski definition) is 4. The predicted molar refractivity (Wildman–Crippen MR) is 55.0 cm³/mol. The molecule has 0 saturated carbocycles. The summed E-state index contributed by atoms with van der Waals surface area (Å²) in [6, 6.07) is -0.228. The van der Waals surface area contributed by atoms with Crippen molar-refractivity contribution in [2.24, 2.45) is 5.92 Å². The second kappa shape index (κ2) is 4.23. The van der Waals surface area contributed by atoms with Crippen molar-refractivity contribution in [1.82, 2.24) is 15.1 Å². The molecule has 0 fully saturated rings. The van der Waals surface area contributed by atoms with Gasteiger partial charge >= 0.3 is 0 Å². The number of anilines is 1. The molecule has 1 heterocycles. The van der Waals surface area contributed by atoms with Crippen LogP contribution in [0.1, 0.15) is 18.6 Å². The topological polar surface area (TPSA) is 72.9 Å². The molecule has 14 heavy (non-hydrogen) atoms. The number of carbonyl (C=O) groups excluding carboxylic acids is 1. The van der Waals surface area contributed by atoms with E-state index in [1.165, 1.54) is 17.1 Å². The molecule has 5 heteroatoms. The Morgan fingerprint density at radius 1 is 1.64 bits per heavy atom. The lowest BCUT2D eigenvalue weighted by atomic mass is 10.0. The van der Waals surface area contributed by atoms with Crippen LogP contribution in [0.25, 0.3) is 0 Å². The van der Waals surface area contributed by atoms with Crippen molar-refractivity contribution in [2.45, 2.75) is 19.9 Å². The normalized spacial score (nSPS) is 13.1. The SMILES string of the molecule is CNC(C(=O)n1cc(N)cn1)C(C)C. The highest BCUT2D eigenvalue weighted by molar-refractivity contribution is 5.84. The van der Waals surface area contributed by atoms with Crippen LogP contribution in [-0.2, 0) is 0 Å². The zero-order chi connectivity index (χ0) is 10.7. The van der Waals surface area contributed by atoms with Crippen LogP contribution in [0.3, 0.4) is 0 Å². The first kappa shape index (κ1) is 10.7. The fraction of sp³-hybridized carbons (Fsp3) is 0.556. The standard InChI is InChI=1S/C9H16N4O/c1-6(2)8(11-3)9(14)13-5-7(10)4-12-13/h4-6,8,11H,10H2,1-3H3. The Bertz CT molecular complexity index is 318. The van der Waals surface area contributed by atoms with E-state index in [1.54, 1.807) is 7.05 Å². The van der Waals surface area contributed by atoms with Gasteiger partial charge in [0.25, 0.3) is 5.91 Å². The maximum Gasteiger partial charge on any atom is 0.264 e. The van der Waals surface area contributed by atoms with Crippen LogP contribution in [0, 0.1) is 5.92 Å². The number of nitrogens with zero attached hydrogens (tertiary/aromatic N) is 2. The van der Waals surface area contributed by atoms with Gasteiger partial charge in [0.2, 0.25) is 0 Å².